The molecule has 1 aromatic heterocycles. The van der Waals surface area contributed by atoms with Crippen LogP contribution in [0.3, 0.4) is 0 Å². The van der Waals surface area contributed by atoms with Crippen molar-refractivity contribution < 1.29 is 14.1 Å². The van der Waals surface area contributed by atoms with Crippen LogP contribution in [-0.4, -0.2) is 29.7 Å². The number of hydrogen-bond acceptors (Lipinski definition) is 5. The van der Waals surface area contributed by atoms with Crippen molar-refractivity contribution in [3.05, 3.63) is 65.5 Å². The van der Waals surface area contributed by atoms with Crippen LogP contribution in [-0.2, 0) is 6.42 Å². The van der Waals surface area contributed by atoms with E-state index in [1.807, 2.05) is 31.2 Å². The topological polar surface area (TPSA) is 77.2 Å². The monoisotopic (exact) mass is 337 g/mol. The highest BCUT2D eigenvalue weighted by Gasteiger charge is 2.11. The summed E-state index contributed by atoms with van der Waals surface area (Å²) < 4.78 is 10.4. The number of methoxy groups -OCH3 is 1. The fourth-order valence-electron chi connectivity index (χ4n) is 2.44. The summed E-state index contributed by atoms with van der Waals surface area (Å²) in [5.41, 5.74) is 2.57. The fourth-order valence-corrected chi connectivity index (χ4v) is 2.44. The minimum Gasteiger partial charge on any atom is -0.497 e. The highest BCUT2D eigenvalue weighted by molar-refractivity contribution is 5.94. The summed E-state index contributed by atoms with van der Waals surface area (Å²) in [6.45, 7) is 2.41. The van der Waals surface area contributed by atoms with Crippen LogP contribution in [0.4, 0.5) is 0 Å². The summed E-state index contributed by atoms with van der Waals surface area (Å²) in [5.74, 6) is 1.53. The van der Waals surface area contributed by atoms with Crippen LogP contribution in [0.2, 0.25) is 0 Å². The van der Waals surface area contributed by atoms with E-state index >= 15 is 0 Å². The van der Waals surface area contributed by atoms with Crippen molar-refractivity contribution in [2.45, 2.75) is 13.3 Å². The number of nitrogens with one attached hydrogen (secondary N) is 1. The van der Waals surface area contributed by atoms with Crippen molar-refractivity contribution in [3.63, 3.8) is 0 Å². The number of aryl methyl sites for hydroxylation is 1. The Labute approximate surface area is 145 Å². The van der Waals surface area contributed by atoms with Crippen LogP contribution in [0, 0.1) is 6.92 Å². The Morgan fingerprint density at radius 3 is 2.84 bits per heavy atom. The number of nitrogens with zero attached hydrogens (tertiary/aromatic N) is 2. The van der Waals surface area contributed by atoms with E-state index in [1.54, 1.807) is 31.4 Å². The zero-order chi connectivity index (χ0) is 17.6. The van der Waals surface area contributed by atoms with E-state index in [2.05, 4.69) is 15.5 Å². The van der Waals surface area contributed by atoms with Crippen molar-refractivity contribution in [1.29, 1.82) is 0 Å². The number of amides is 1. The molecule has 0 saturated carbocycles. The maximum atomic E-state index is 12.1. The van der Waals surface area contributed by atoms with Gasteiger partial charge in [-0.3, -0.25) is 4.79 Å². The van der Waals surface area contributed by atoms with E-state index in [1.165, 1.54) is 0 Å². The van der Waals surface area contributed by atoms with Gasteiger partial charge in [-0.2, -0.15) is 4.98 Å². The molecule has 0 unspecified atom stereocenters. The molecule has 1 heterocycles. The highest BCUT2D eigenvalue weighted by Crippen LogP contribution is 2.19. The third kappa shape index (κ3) is 4.03. The third-order valence-electron chi connectivity index (χ3n) is 3.81. The summed E-state index contributed by atoms with van der Waals surface area (Å²) in [7, 11) is 1.57. The van der Waals surface area contributed by atoms with E-state index in [0.29, 0.717) is 36.0 Å². The number of rotatable bonds is 6. The molecule has 128 valence electrons. The molecule has 6 nitrogen and oxygen atoms in total. The van der Waals surface area contributed by atoms with E-state index in [-0.39, 0.29) is 5.91 Å². The van der Waals surface area contributed by atoms with Crippen LogP contribution in [0.25, 0.3) is 11.4 Å². The van der Waals surface area contributed by atoms with E-state index in [9.17, 15) is 4.79 Å². The molecule has 3 aromatic rings. The zero-order valence-electron chi connectivity index (χ0n) is 14.2. The van der Waals surface area contributed by atoms with Crippen LogP contribution < -0.4 is 10.1 Å². The summed E-state index contributed by atoms with van der Waals surface area (Å²) in [6, 6.07) is 14.9. The maximum absolute atomic E-state index is 12.1. The van der Waals surface area contributed by atoms with Crippen molar-refractivity contribution in [1.82, 2.24) is 15.5 Å². The predicted octanol–water partition coefficient (Wildman–Crippen LogP) is 3.03. The molecule has 0 fully saturated rings. The Morgan fingerprint density at radius 2 is 2.04 bits per heavy atom. The number of benzene rings is 2. The maximum Gasteiger partial charge on any atom is 0.251 e. The fraction of sp³-hybridized carbons (Fsp3) is 0.211. The molecular formula is C19H19N3O3. The number of carbonyl (C=O) groups excluding carboxylic acids is 1. The second-order valence-corrected chi connectivity index (χ2v) is 5.56. The number of ether oxygens (including phenoxy) is 1. The Morgan fingerprint density at radius 1 is 1.20 bits per heavy atom. The first-order valence-electron chi connectivity index (χ1n) is 7.98. The Hall–Kier alpha value is -3.15. The van der Waals surface area contributed by atoms with Gasteiger partial charge in [-0.05, 0) is 30.7 Å². The average molecular weight is 337 g/mol. The van der Waals surface area contributed by atoms with Crippen LogP contribution in [0.5, 0.6) is 5.75 Å². The Balaban J connectivity index is 1.57. The number of aromatic nitrogens is 2. The quantitative estimate of drug-likeness (QED) is 0.748. The molecule has 0 aliphatic carbocycles. The predicted molar refractivity (Wildman–Crippen MR) is 93.5 cm³/mol. The van der Waals surface area contributed by atoms with Gasteiger partial charge in [0.1, 0.15) is 5.75 Å². The van der Waals surface area contributed by atoms with Crippen molar-refractivity contribution in [2.24, 2.45) is 0 Å². The lowest BCUT2D eigenvalue weighted by atomic mass is 10.1. The Bertz CT molecular complexity index is 874. The number of carbonyl (C=O) groups is 1. The first kappa shape index (κ1) is 16.7. The van der Waals surface area contributed by atoms with Crippen LogP contribution in [0.1, 0.15) is 21.8 Å². The molecule has 6 heteroatoms. The molecule has 25 heavy (non-hydrogen) atoms. The molecule has 0 aliphatic heterocycles. The molecule has 2 aromatic carbocycles. The SMILES string of the molecule is COc1cccc(C(=O)NCCc2nc(-c3ccccc3C)no2)c1. The minimum atomic E-state index is -0.169. The summed E-state index contributed by atoms with van der Waals surface area (Å²) in [6.07, 6.45) is 0.467. The first-order chi connectivity index (χ1) is 12.2. The lowest BCUT2D eigenvalue weighted by molar-refractivity contribution is 0.0953. The van der Waals surface area contributed by atoms with Gasteiger partial charge < -0.3 is 14.6 Å². The van der Waals surface area contributed by atoms with Gasteiger partial charge in [0.15, 0.2) is 0 Å². The summed E-state index contributed by atoms with van der Waals surface area (Å²) >= 11 is 0. The van der Waals surface area contributed by atoms with E-state index in [0.717, 1.165) is 11.1 Å². The average Bonchev–Trinajstić information content (AvgIpc) is 3.10. The molecule has 1 amide bonds. The lowest BCUT2D eigenvalue weighted by Crippen LogP contribution is -2.25. The summed E-state index contributed by atoms with van der Waals surface area (Å²) in [5, 5.41) is 6.85. The molecule has 0 aliphatic rings. The second-order valence-electron chi connectivity index (χ2n) is 5.56. The van der Waals surface area contributed by atoms with Gasteiger partial charge in [0.2, 0.25) is 11.7 Å². The van der Waals surface area contributed by atoms with E-state index in [4.69, 9.17) is 9.26 Å². The normalized spacial score (nSPS) is 10.5. The summed E-state index contributed by atoms with van der Waals surface area (Å²) in [4.78, 5) is 16.5. The van der Waals surface area contributed by atoms with Crippen LogP contribution in [0.15, 0.2) is 53.1 Å². The van der Waals surface area contributed by atoms with Crippen molar-refractivity contribution in [2.75, 3.05) is 13.7 Å². The molecule has 0 spiro atoms. The molecule has 1 N–H and O–H groups in total. The van der Waals surface area contributed by atoms with Gasteiger partial charge in [-0.1, -0.05) is 35.5 Å². The third-order valence-corrected chi connectivity index (χ3v) is 3.81. The molecule has 0 atom stereocenters. The van der Waals surface area contributed by atoms with Crippen molar-refractivity contribution >= 4 is 5.91 Å². The van der Waals surface area contributed by atoms with Gasteiger partial charge in [-0.25, -0.2) is 0 Å². The first-order valence-corrected chi connectivity index (χ1v) is 7.98. The van der Waals surface area contributed by atoms with Gasteiger partial charge in [0, 0.05) is 24.1 Å². The molecule has 0 radical (unpaired) electrons. The van der Waals surface area contributed by atoms with Crippen molar-refractivity contribution in [3.8, 4) is 17.1 Å². The standard InChI is InChI=1S/C19H19N3O3/c1-13-6-3-4-9-16(13)18-21-17(25-22-18)10-11-20-19(23)14-7-5-8-15(12-14)24-2/h3-9,12H,10-11H2,1-2H3,(H,20,23). The van der Waals surface area contributed by atoms with E-state index < -0.39 is 0 Å². The zero-order valence-corrected chi connectivity index (χ0v) is 14.2. The smallest absolute Gasteiger partial charge is 0.251 e. The minimum absolute atomic E-state index is 0.169. The van der Waals surface area contributed by atoms with Gasteiger partial charge in [0.25, 0.3) is 5.91 Å². The Kier molecular flexibility index (Phi) is 5.09. The molecule has 3 rings (SSSR count). The molecule has 0 saturated heterocycles. The van der Waals surface area contributed by atoms with Gasteiger partial charge in [-0.15, -0.1) is 0 Å². The number of hydrogen-bond donors (Lipinski definition) is 1. The van der Waals surface area contributed by atoms with Gasteiger partial charge in [0.05, 0.1) is 7.11 Å². The molecular weight excluding hydrogens is 318 g/mol. The van der Waals surface area contributed by atoms with Gasteiger partial charge >= 0.3 is 0 Å². The highest BCUT2D eigenvalue weighted by atomic mass is 16.5. The van der Waals surface area contributed by atoms with Crippen LogP contribution >= 0.6 is 0 Å². The largest absolute Gasteiger partial charge is 0.497 e. The second kappa shape index (κ2) is 7.61. The lowest BCUT2D eigenvalue weighted by Gasteiger charge is -2.05. The molecule has 0 bridgehead atoms.